The minimum Gasteiger partial charge on any atom is -0.468 e. The van der Waals surface area contributed by atoms with Gasteiger partial charge in [-0.3, -0.25) is 0 Å². The van der Waals surface area contributed by atoms with Crippen molar-refractivity contribution in [1.29, 1.82) is 0 Å². The molecule has 0 spiro atoms. The molecule has 4 heterocycles. The van der Waals surface area contributed by atoms with E-state index in [2.05, 4.69) is 198 Å². The second-order valence-electron chi connectivity index (χ2n) is 21.3. The Morgan fingerprint density at radius 1 is 0.532 bits per heavy atom. The summed E-state index contributed by atoms with van der Waals surface area (Å²) in [4.78, 5) is 10.3. The van der Waals surface area contributed by atoms with Crippen molar-refractivity contribution in [3.63, 3.8) is 0 Å². The van der Waals surface area contributed by atoms with Crippen LogP contribution in [-0.4, -0.2) is 12.8 Å². The summed E-state index contributed by atoms with van der Waals surface area (Å²) in [5, 5.41) is 1.17. The van der Waals surface area contributed by atoms with E-state index in [1.165, 1.54) is 103 Å². The van der Waals surface area contributed by atoms with Crippen molar-refractivity contribution < 1.29 is 4.42 Å². The molecule has 0 bridgehead atoms. The number of anilines is 8. The SMILES string of the molecule is CC(C)(C)c1ccc(N2c3ccc(C(C)(C)C)cc3B3c4oc5cc6c(cc5c4N(c4ccc(C(C)(C)C)cc4)c4cccc2c43)Sc2ccccc2N6C2CCCCC2)cc1. The first-order valence-electron chi connectivity index (χ1n) is 22.9. The Morgan fingerprint density at radius 2 is 1.11 bits per heavy atom. The molecule has 0 N–H and O–H groups in total. The fourth-order valence-electron chi connectivity index (χ4n) is 10.7. The first kappa shape index (κ1) is 39.5. The standard InChI is InChI=1S/C56H58BN3OS/c1-54(2,3)35-22-27-39(28-23-35)58-43-31-26-37(56(7,8)9)32-42(43)57-51-45(58)19-15-20-46(51)60(40-29-24-36(25-30-40)55(4,5)6)52-41-33-50-47(34-48(41)61-53(52)57)59(38-16-11-10-12-17-38)44-18-13-14-21-49(44)62-50/h13-15,18-34,38H,10-12,16-17H2,1-9H3. The Morgan fingerprint density at radius 3 is 1.76 bits per heavy atom. The van der Waals surface area contributed by atoms with E-state index in [4.69, 9.17) is 4.42 Å². The molecule has 0 atom stereocenters. The average molecular weight is 832 g/mol. The third kappa shape index (κ3) is 6.26. The van der Waals surface area contributed by atoms with Crippen LogP contribution in [0.2, 0.25) is 0 Å². The van der Waals surface area contributed by atoms with Gasteiger partial charge in [-0.15, -0.1) is 0 Å². The number of hydrogen-bond acceptors (Lipinski definition) is 5. The summed E-state index contributed by atoms with van der Waals surface area (Å²) >= 11 is 1.91. The van der Waals surface area contributed by atoms with Gasteiger partial charge in [-0.2, -0.15) is 0 Å². The van der Waals surface area contributed by atoms with Crippen LogP contribution < -0.4 is 31.3 Å². The van der Waals surface area contributed by atoms with Crippen molar-refractivity contribution in [2.24, 2.45) is 0 Å². The van der Waals surface area contributed by atoms with Crippen LogP contribution in [0.5, 0.6) is 0 Å². The van der Waals surface area contributed by atoms with Crippen LogP contribution >= 0.6 is 11.8 Å². The summed E-state index contributed by atoms with van der Waals surface area (Å²) in [5.74, 6) is 0. The summed E-state index contributed by atoms with van der Waals surface area (Å²) < 4.78 is 7.54. The molecule has 4 nitrogen and oxygen atoms in total. The molecule has 1 fully saturated rings. The highest BCUT2D eigenvalue weighted by atomic mass is 32.2. The van der Waals surface area contributed by atoms with Gasteiger partial charge in [0.15, 0.2) is 0 Å². The van der Waals surface area contributed by atoms with Gasteiger partial charge < -0.3 is 19.1 Å². The van der Waals surface area contributed by atoms with Gasteiger partial charge in [-0.1, -0.05) is 148 Å². The van der Waals surface area contributed by atoms with Gasteiger partial charge in [-0.25, -0.2) is 0 Å². The van der Waals surface area contributed by atoms with Gasteiger partial charge >= 0.3 is 0 Å². The van der Waals surface area contributed by atoms with E-state index in [9.17, 15) is 0 Å². The highest BCUT2D eigenvalue weighted by Gasteiger charge is 2.47. The van der Waals surface area contributed by atoms with Crippen LogP contribution in [0.1, 0.15) is 111 Å². The van der Waals surface area contributed by atoms with Gasteiger partial charge in [-0.05, 0) is 117 Å². The molecule has 7 aromatic rings. The fourth-order valence-corrected chi connectivity index (χ4v) is 11.8. The summed E-state index contributed by atoms with van der Waals surface area (Å²) in [6.07, 6.45) is 6.31. The molecule has 0 unspecified atom stereocenters. The second-order valence-corrected chi connectivity index (χ2v) is 22.4. The minimum absolute atomic E-state index is 0.0336. The number of para-hydroxylation sites is 1. The van der Waals surface area contributed by atoms with E-state index in [1.807, 2.05) is 11.8 Å². The zero-order valence-corrected chi connectivity index (χ0v) is 38.7. The first-order chi connectivity index (χ1) is 29.6. The zero-order chi connectivity index (χ0) is 42.9. The molecular formula is C56H58BN3OS. The van der Waals surface area contributed by atoms with E-state index in [1.54, 1.807) is 0 Å². The van der Waals surface area contributed by atoms with Gasteiger partial charge in [0, 0.05) is 55.7 Å². The average Bonchev–Trinajstić information content (AvgIpc) is 3.61. The largest absolute Gasteiger partial charge is 0.468 e. The Balaban J connectivity index is 1.19. The molecule has 1 aromatic heterocycles. The molecule has 62 heavy (non-hydrogen) atoms. The summed E-state index contributed by atoms with van der Waals surface area (Å²) in [6.45, 7) is 20.6. The summed E-state index contributed by atoms with van der Waals surface area (Å²) in [5.41, 5.74) is 18.3. The number of rotatable bonds is 3. The molecule has 4 aliphatic rings. The number of nitrogens with zero attached hydrogens (tertiary/aromatic N) is 3. The molecular weight excluding hydrogens is 774 g/mol. The lowest BCUT2D eigenvalue weighted by Crippen LogP contribution is -2.61. The third-order valence-corrected chi connectivity index (χ3v) is 15.2. The van der Waals surface area contributed by atoms with Gasteiger partial charge in [0.05, 0.1) is 22.7 Å². The van der Waals surface area contributed by atoms with E-state index in [0.717, 1.165) is 28.3 Å². The Bertz CT molecular complexity index is 2880. The van der Waals surface area contributed by atoms with Gasteiger partial charge in [0.1, 0.15) is 5.58 Å². The smallest absolute Gasteiger partial charge is 0.297 e. The van der Waals surface area contributed by atoms with Crippen LogP contribution in [-0.2, 0) is 16.2 Å². The minimum atomic E-state index is -0.104. The molecule has 6 aromatic carbocycles. The molecule has 312 valence electrons. The van der Waals surface area contributed by atoms with E-state index >= 15 is 0 Å². The molecule has 3 aliphatic heterocycles. The molecule has 0 saturated heterocycles. The highest BCUT2D eigenvalue weighted by molar-refractivity contribution is 7.99. The number of furan rings is 1. The number of fused-ring (bicyclic) bond motifs is 8. The van der Waals surface area contributed by atoms with E-state index in [0.29, 0.717) is 6.04 Å². The predicted octanol–water partition coefficient (Wildman–Crippen LogP) is 14.3. The lowest BCUT2D eigenvalue weighted by Gasteiger charge is -2.43. The van der Waals surface area contributed by atoms with Crippen LogP contribution in [0.3, 0.4) is 0 Å². The van der Waals surface area contributed by atoms with Crippen LogP contribution in [0, 0.1) is 0 Å². The Hall–Kier alpha value is -5.33. The second kappa shape index (κ2) is 14.1. The van der Waals surface area contributed by atoms with E-state index in [-0.39, 0.29) is 23.0 Å². The van der Waals surface area contributed by atoms with Crippen molar-refractivity contribution >= 4 is 91.5 Å². The van der Waals surface area contributed by atoms with Gasteiger partial charge in [0.25, 0.3) is 6.71 Å². The van der Waals surface area contributed by atoms with Crippen LogP contribution in [0.4, 0.5) is 45.5 Å². The topological polar surface area (TPSA) is 22.9 Å². The highest BCUT2D eigenvalue weighted by Crippen LogP contribution is 2.54. The monoisotopic (exact) mass is 831 g/mol. The molecule has 1 aliphatic carbocycles. The Labute approximate surface area is 373 Å². The molecule has 1 saturated carbocycles. The van der Waals surface area contributed by atoms with Crippen molar-refractivity contribution in [1.82, 2.24) is 0 Å². The molecule has 0 radical (unpaired) electrons. The lowest BCUT2D eigenvalue weighted by atomic mass is 9.35. The van der Waals surface area contributed by atoms with Crippen molar-refractivity contribution in [3.05, 3.63) is 138 Å². The third-order valence-electron chi connectivity index (χ3n) is 14.1. The van der Waals surface area contributed by atoms with Crippen LogP contribution in [0.15, 0.2) is 136 Å². The molecule has 11 rings (SSSR count). The quantitative estimate of drug-likeness (QED) is 0.165. The van der Waals surface area contributed by atoms with Crippen LogP contribution in [0.25, 0.3) is 11.0 Å². The maximum absolute atomic E-state index is 7.54. The zero-order valence-electron chi connectivity index (χ0n) is 37.9. The number of hydrogen-bond donors (Lipinski definition) is 0. The fraction of sp³-hybridized carbons (Fsp3) is 0.321. The maximum Gasteiger partial charge on any atom is 0.297 e. The maximum atomic E-state index is 7.54. The Kier molecular flexibility index (Phi) is 8.98. The first-order valence-corrected chi connectivity index (χ1v) is 23.7. The summed E-state index contributed by atoms with van der Waals surface area (Å²) in [6, 6.07) is 47.1. The van der Waals surface area contributed by atoms with Crippen molar-refractivity contribution in [3.8, 4) is 0 Å². The lowest BCUT2D eigenvalue weighted by molar-refractivity contribution is 0.434. The molecule has 6 heteroatoms. The predicted molar refractivity (Wildman–Crippen MR) is 266 cm³/mol. The molecule has 0 amide bonds. The van der Waals surface area contributed by atoms with E-state index < -0.39 is 0 Å². The van der Waals surface area contributed by atoms with Crippen molar-refractivity contribution in [2.45, 2.75) is 126 Å². The van der Waals surface area contributed by atoms with Gasteiger partial charge in [0.2, 0.25) is 0 Å². The normalized spacial score (nSPS) is 16.2. The number of benzene rings is 6. The van der Waals surface area contributed by atoms with Crippen molar-refractivity contribution in [2.75, 3.05) is 14.7 Å². The summed E-state index contributed by atoms with van der Waals surface area (Å²) in [7, 11) is 0.